The van der Waals surface area contributed by atoms with E-state index in [1.807, 2.05) is 24.3 Å². The maximum atomic E-state index is 13.5. The van der Waals surface area contributed by atoms with E-state index < -0.39 is 11.9 Å². The van der Waals surface area contributed by atoms with E-state index in [-0.39, 0.29) is 36.0 Å². The maximum absolute atomic E-state index is 13.5. The van der Waals surface area contributed by atoms with Crippen LogP contribution in [0.2, 0.25) is 5.02 Å². The molecule has 1 aliphatic heterocycles. The lowest BCUT2D eigenvalue weighted by Crippen LogP contribution is -2.53. The monoisotopic (exact) mass is 504 g/mol. The molecule has 0 spiro atoms. The highest BCUT2D eigenvalue weighted by molar-refractivity contribution is 6.35. The van der Waals surface area contributed by atoms with Crippen molar-refractivity contribution in [2.75, 3.05) is 0 Å². The van der Waals surface area contributed by atoms with Gasteiger partial charge in [-0.3, -0.25) is 19.1 Å². The number of para-hydroxylation sites is 1. The van der Waals surface area contributed by atoms with Crippen molar-refractivity contribution in [3.63, 3.8) is 0 Å². The summed E-state index contributed by atoms with van der Waals surface area (Å²) in [6.45, 7) is 0.279. The Bertz CT molecular complexity index is 1520. The van der Waals surface area contributed by atoms with Crippen LogP contribution in [0.1, 0.15) is 35.3 Å². The van der Waals surface area contributed by atoms with Crippen molar-refractivity contribution in [1.29, 1.82) is 0 Å². The van der Waals surface area contributed by atoms with E-state index >= 15 is 0 Å². The smallest absolute Gasteiger partial charge is 0.269 e. The molecule has 2 aliphatic rings. The molecule has 1 saturated carbocycles. The van der Waals surface area contributed by atoms with Crippen LogP contribution in [0.5, 0.6) is 0 Å². The van der Waals surface area contributed by atoms with Gasteiger partial charge in [0.1, 0.15) is 12.6 Å². The molecule has 36 heavy (non-hydrogen) atoms. The molecule has 9 nitrogen and oxygen atoms in total. The van der Waals surface area contributed by atoms with Gasteiger partial charge in [0.15, 0.2) is 5.69 Å². The number of nitrogens with one attached hydrogen (secondary N) is 2. The number of nitrogens with two attached hydrogens (primary N) is 1. The van der Waals surface area contributed by atoms with E-state index in [0.717, 1.165) is 35.7 Å². The average Bonchev–Trinajstić information content (AvgIpc) is 3.65. The van der Waals surface area contributed by atoms with E-state index in [0.29, 0.717) is 22.5 Å². The Morgan fingerprint density at radius 3 is 2.81 bits per heavy atom. The molecule has 1 saturated heterocycles. The number of carbonyl (C=O) groups excluding carboxylic acids is 3. The van der Waals surface area contributed by atoms with Gasteiger partial charge in [0, 0.05) is 35.1 Å². The summed E-state index contributed by atoms with van der Waals surface area (Å²) in [7, 11) is 0. The molecule has 2 bridgehead atoms. The van der Waals surface area contributed by atoms with Gasteiger partial charge >= 0.3 is 0 Å². The molecule has 3 atom stereocenters. The first kappa shape index (κ1) is 22.6. The highest BCUT2D eigenvalue weighted by atomic mass is 35.5. The van der Waals surface area contributed by atoms with Crippen molar-refractivity contribution < 1.29 is 14.4 Å². The van der Waals surface area contributed by atoms with Gasteiger partial charge in [-0.25, -0.2) is 0 Å². The number of hydrogen-bond donors (Lipinski definition) is 3. The largest absolute Gasteiger partial charge is 0.364 e. The number of rotatable bonds is 6. The molecule has 3 amide bonds. The van der Waals surface area contributed by atoms with Gasteiger partial charge < -0.3 is 20.9 Å². The summed E-state index contributed by atoms with van der Waals surface area (Å²) in [5.41, 5.74) is 8.16. The van der Waals surface area contributed by atoms with E-state index in [1.54, 1.807) is 29.3 Å². The summed E-state index contributed by atoms with van der Waals surface area (Å²) in [4.78, 5) is 43.6. The Morgan fingerprint density at radius 2 is 1.97 bits per heavy atom. The van der Waals surface area contributed by atoms with Gasteiger partial charge in [0.05, 0.1) is 10.5 Å². The quantitative estimate of drug-likeness (QED) is 0.373. The van der Waals surface area contributed by atoms with Crippen molar-refractivity contribution >= 4 is 51.1 Å². The fourth-order valence-electron chi connectivity index (χ4n) is 5.86. The lowest BCUT2D eigenvalue weighted by molar-refractivity contribution is -0.143. The fourth-order valence-corrected chi connectivity index (χ4v) is 6.07. The number of H-pyrrole nitrogens is 1. The Labute approximate surface area is 211 Å². The molecule has 4 aromatic rings. The zero-order valence-corrected chi connectivity index (χ0v) is 20.2. The number of aromatic nitrogens is 3. The molecule has 1 aliphatic carbocycles. The van der Waals surface area contributed by atoms with Gasteiger partial charge in [-0.05, 0) is 48.9 Å². The number of piperidine rings is 1. The summed E-state index contributed by atoms with van der Waals surface area (Å²) in [5, 5.41) is 9.49. The number of primary amides is 1. The fraction of sp³-hybridized carbons (Fsp3) is 0.308. The predicted molar refractivity (Wildman–Crippen MR) is 135 cm³/mol. The molecule has 184 valence electrons. The van der Waals surface area contributed by atoms with Crippen LogP contribution in [-0.2, 0) is 22.7 Å². The number of likely N-dealkylation sites (tertiary alicyclic amines) is 1. The molecule has 2 aromatic heterocycles. The van der Waals surface area contributed by atoms with E-state index in [4.69, 9.17) is 17.3 Å². The van der Waals surface area contributed by atoms with Crippen LogP contribution in [0.15, 0.2) is 48.7 Å². The van der Waals surface area contributed by atoms with Crippen molar-refractivity contribution in [3.8, 4) is 0 Å². The second kappa shape index (κ2) is 8.67. The maximum Gasteiger partial charge on any atom is 0.269 e. The molecule has 6 rings (SSSR count). The number of fused-ring (bicyclic) bond motifs is 4. The third-order valence-electron chi connectivity index (χ3n) is 7.48. The van der Waals surface area contributed by atoms with Crippen molar-refractivity contribution in [2.24, 2.45) is 11.7 Å². The predicted octanol–water partition coefficient (Wildman–Crippen LogP) is 2.97. The number of benzene rings is 2. The lowest BCUT2D eigenvalue weighted by Gasteiger charge is -2.34. The number of nitrogens with zero attached hydrogens (tertiary/aromatic N) is 3. The van der Waals surface area contributed by atoms with Crippen LogP contribution in [0.4, 0.5) is 0 Å². The standard InChI is InChI=1S/C26H25ClN6O3/c27-19-12-29-20-8-5-14(9-18(19)20)11-30-26(36)24-15-6-7-16(10-15)33(24)22(34)13-32-21-4-2-1-3-17(21)23(31-32)25(28)35/h1-5,8-9,12,15-16,24,29H,6-7,10-11,13H2,(H2,28,35)(H,30,36)/t15-,16+,24-/m0/s1. The normalized spacial score (nSPS) is 20.9. The van der Waals surface area contributed by atoms with Gasteiger partial charge in [-0.2, -0.15) is 5.10 Å². The number of hydrogen-bond acceptors (Lipinski definition) is 4. The second-order valence-corrected chi connectivity index (χ2v) is 10.0. The van der Waals surface area contributed by atoms with E-state index in [2.05, 4.69) is 15.4 Å². The summed E-state index contributed by atoms with van der Waals surface area (Å²) < 4.78 is 1.51. The molecule has 10 heteroatoms. The first-order valence-electron chi connectivity index (χ1n) is 12.0. The Hall–Kier alpha value is -3.85. The molecular weight excluding hydrogens is 480 g/mol. The number of halogens is 1. The summed E-state index contributed by atoms with van der Waals surface area (Å²) in [5.74, 6) is -0.851. The highest BCUT2D eigenvalue weighted by Gasteiger charge is 2.51. The van der Waals surface area contributed by atoms with Gasteiger partial charge in [0.2, 0.25) is 11.8 Å². The third kappa shape index (κ3) is 3.71. The zero-order chi connectivity index (χ0) is 25.0. The zero-order valence-electron chi connectivity index (χ0n) is 19.4. The van der Waals surface area contributed by atoms with Crippen LogP contribution in [0.25, 0.3) is 21.8 Å². The van der Waals surface area contributed by atoms with Crippen LogP contribution in [0.3, 0.4) is 0 Å². The van der Waals surface area contributed by atoms with Crippen molar-refractivity contribution in [2.45, 2.75) is 44.4 Å². The molecule has 2 aromatic carbocycles. The van der Waals surface area contributed by atoms with Crippen LogP contribution >= 0.6 is 11.6 Å². The van der Waals surface area contributed by atoms with Crippen LogP contribution in [0, 0.1) is 5.92 Å². The second-order valence-electron chi connectivity index (χ2n) is 9.59. The molecule has 4 N–H and O–H groups in total. The summed E-state index contributed by atoms with van der Waals surface area (Å²) in [6.07, 6.45) is 4.37. The summed E-state index contributed by atoms with van der Waals surface area (Å²) in [6, 6.07) is 12.5. The third-order valence-corrected chi connectivity index (χ3v) is 7.79. The molecule has 0 unspecified atom stereocenters. The Kier molecular flexibility index (Phi) is 5.44. The first-order chi connectivity index (χ1) is 17.4. The summed E-state index contributed by atoms with van der Waals surface area (Å²) >= 11 is 6.23. The topological polar surface area (TPSA) is 126 Å². The molecule has 2 fully saturated rings. The minimum atomic E-state index is -0.644. The Balaban J connectivity index is 1.21. The number of carbonyl (C=O) groups is 3. The van der Waals surface area contributed by atoms with Crippen molar-refractivity contribution in [1.82, 2.24) is 25.0 Å². The SMILES string of the molecule is NC(=O)c1nn(CC(=O)N2[C@@H]3CC[C@@H](C3)[C@H]2C(=O)NCc2ccc3[nH]cc(Cl)c3c2)c2ccccc12. The minimum Gasteiger partial charge on any atom is -0.364 e. The van der Waals surface area contributed by atoms with Crippen molar-refractivity contribution in [3.05, 3.63) is 64.9 Å². The van der Waals surface area contributed by atoms with Gasteiger partial charge in [-0.15, -0.1) is 0 Å². The average molecular weight is 505 g/mol. The number of aromatic amines is 1. The van der Waals surface area contributed by atoms with Gasteiger partial charge in [-0.1, -0.05) is 35.9 Å². The molecular formula is C26H25ClN6O3. The molecule has 0 radical (unpaired) electrons. The van der Waals surface area contributed by atoms with E-state index in [1.165, 1.54) is 4.68 Å². The highest BCUT2D eigenvalue weighted by Crippen LogP contribution is 2.42. The van der Waals surface area contributed by atoms with E-state index in [9.17, 15) is 14.4 Å². The molecule has 3 heterocycles. The van der Waals surface area contributed by atoms with Crippen LogP contribution in [-0.4, -0.2) is 49.5 Å². The van der Waals surface area contributed by atoms with Crippen LogP contribution < -0.4 is 11.1 Å². The lowest BCUT2D eigenvalue weighted by atomic mass is 9.97. The Morgan fingerprint density at radius 1 is 1.14 bits per heavy atom. The number of amides is 3. The van der Waals surface area contributed by atoms with Gasteiger partial charge in [0.25, 0.3) is 5.91 Å². The minimum absolute atomic E-state index is 0.0331. The first-order valence-corrected chi connectivity index (χ1v) is 12.4.